The maximum atomic E-state index is 13.7. The van der Waals surface area contributed by atoms with Crippen molar-refractivity contribution in [3.63, 3.8) is 0 Å². The molecule has 1 heterocycles. The lowest BCUT2D eigenvalue weighted by Crippen LogP contribution is -2.28. The van der Waals surface area contributed by atoms with E-state index in [2.05, 4.69) is 10.2 Å². The molecule has 0 spiro atoms. The average Bonchev–Trinajstić information content (AvgIpc) is 3.10. The molecule has 2 fully saturated rings. The summed E-state index contributed by atoms with van der Waals surface area (Å²) in [5, 5.41) is 3.05. The zero-order chi connectivity index (χ0) is 12.7. The van der Waals surface area contributed by atoms with Crippen molar-refractivity contribution in [2.24, 2.45) is 0 Å². The van der Waals surface area contributed by atoms with Gasteiger partial charge in [0.1, 0.15) is 0 Å². The van der Waals surface area contributed by atoms with E-state index in [1.807, 2.05) is 0 Å². The predicted octanol–water partition coefficient (Wildman–Crippen LogP) is 2.20. The molecular formula is C13H17F2N3. The first kappa shape index (κ1) is 11.7. The van der Waals surface area contributed by atoms with E-state index in [0.29, 0.717) is 6.04 Å². The van der Waals surface area contributed by atoms with Crippen LogP contribution in [0.5, 0.6) is 0 Å². The van der Waals surface area contributed by atoms with Crippen molar-refractivity contribution < 1.29 is 8.78 Å². The molecule has 3 nitrogen and oxygen atoms in total. The molecule has 18 heavy (non-hydrogen) atoms. The van der Waals surface area contributed by atoms with Gasteiger partial charge in [0.15, 0.2) is 11.6 Å². The Morgan fingerprint density at radius 2 is 2.00 bits per heavy atom. The number of anilines is 2. The van der Waals surface area contributed by atoms with Gasteiger partial charge in [0.2, 0.25) is 0 Å². The van der Waals surface area contributed by atoms with Crippen molar-refractivity contribution in [1.29, 1.82) is 0 Å². The number of benzene rings is 1. The maximum absolute atomic E-state index is 13.7. The summed E-state index contributed by atoms with van der Waals surface area (Å²) in [6, 6.07) is 3.32. The van der Waals surface area contributed by atoms with Gasteiger partial charge in [-0.2, -0.15) is 0 Å². The Kier molecular flexibility index (Phi) is 2.86. The first-order chi connectivity index (χ1) is 8.65. The topological polar surface area (TPSA) is 41.3 Å². The minimum Gasteiger partial charge on any atom is -0.397 e. The summed E-state index contributed by atoms with van der Waals surface area (Å²) in [5.41, 5.74) is 6.06. The van der Waals surface area contributed by atoms with E-state index < -0.39 is 11.6 Å². The summed E-state index contributed by atoms with van der Waals surface area (Å²) in [5.74, 6) is -1.73. The van der Waals surface area contributed by atoms with Gasteiger partial charge in [-0.3, -0.25) is 4.90 Å². The number of nitrogens with two attached hydrogens (primary N) is 1. The van der Waals surface area contributed by atoms with Gasteiger partial charge in [0.25, 0.3) is 0 Å². The molecular weight excluding hydrogens is 236 g/mol. The molecule has 3 rings (SSSR count). The number of nitrogens with one attached hydrogen (secondary N) is 1. The molecule has 1 unspecified atom stereocenters. The Bertz CT molecular complexity index is 460. The van der Waals surface area contributed by atoms with Gasteiger partial charge in [-0.1, -0.05) is 0 Å². The molecule has 5 heteroatoms. The molecule has 0 bridgehead atoms. The van der Waals surface area contributed by atoms with Crippen molar-refractivity contribution in [1.82, 2.24) is 4.90 Å². The lowest BCUT2D eigenvalue weighted by Gasteiger charge is -2.18. The summed E-state index contributed by atoms with van der Waals surface area (Å²) in [6.07, 6.45) is 3.48. The van der Waals surface area contributed by atoms with E-state index in [9.17, 15) is 8.78 Å². The molecule has 1 aromatic rings. The van der Waals surface area contributed by atoms with Crippen LogP contribution in [0.2, 0.25) is 0 Å². The molecule has 1 aromatic carbocycles. The molecule has 0 amide bonds. The first-order valence-electron chi connectivity index (χ1n) is 6.39. The molecule has 1 aliphatic carbocycles. The highest BCUT2D eigenvalue weighted by molar-refractivity contribution is 5.67. The van der Waals surface area contributed by atoms with Crippen LogP contribution in [-0.4, -0.2) is 30.1 Å². The van der Waals surface area contributed by atoms with Crippen molar-refractivity contribution in [3.8, 4) is 0 Å². The van der Waals surface area contributed by atoms with E-state index in [4.69, 9.17) is 5.73 Å². The summed E-state index contributed by atoms with van der Waals surface area (Å²) in [4.78, 5) is 2.41. The van der Waals surface area contributed by atoms with Gasteiger partial charge < -0.3 is 11.1 Å². The Morgan fingerprint density at radius 1 is 1.22 bits per heavy atom. The van der Waals surface area contributed by atoms with Crippen LogP contribution in [0.3, 0.4) is 0 Å². The van der Waals surface area contributed by atoms with Crippen LogP contribution in [0.15, 0.2) is 12.1 Å². The van der Waals surface area contributed by atoms with Crippen LogP contribution in [0.4, 0.5) is 20.2 Å². The van der Waals surface area contributed by atoms with E-state index in [1.54, 1.807) is 0 Å². The molecule has 1 saturated carbocycles. The number of hydrogen-bond acceptors (Lipinski definition) is 3. The Morgan fingerprint density at radius 3 is 2.72 bits per heavy atom. The summed E-state index contributed by atoms with van der Waals surface area (Å²) in [7, 11) is 0. The molecule has 1 saturated heterocycles. The number of rotatable bonds is 3. The highest BCUT2D eigenvalue weighted by Crippen LogP contribution is 2.32. The lowest BCUT2D eigenvalue weighted by molar-refractivity contribution is 0.326. The van der Waals surface area contributed by atoms with Crippen molar-refractivity contribution >= 4 is 11.4 Å². The van der Waals surface area contributed by atoms with Crippen LogP contribution in [0.25, 0.3) is 0 Å². The highest BCUT2D eigenvalue weighted by atomic mass is 19.2. The smallest absolute Gasteiger partial charge is 0.183 e. The molecule has 0 radical (unpaired) electrons. The lowest BCUT2D eigenvalue weighted by atomic mass is 10.2. The number of nitrogen functional groups attached to an aromatic ring is 1. The van der Waals surface area contributed by atoms with Crippen molar-refractivity contribution in [2.45, 2.75) is 31.3 Å². The fourth-order valence-electron chi connectivity index (χ4n) is 2.59. The fraction of sp³-hybridized carbons (Fsp3) is 0.538. The van der Waals surface area contributed by atoms with Gasteiger partial charge in [0.05, 0.1) is 11.4 Å². The summed E-state index contributed by atoms with van der Waals surface area (Å²) < 4.78 is 26.8. The molecule has 3 N–H and O–H groups in total. The number of halogens is 2. The van der Waals surface area contributed by atoms with E-state index in [1.165, 1.54) is 18.9 Å². The van der Waals surface area contributed by atoms with Gasteiger partial charge in [-0.15, -0.1) is 0 Å². The van der Waals surface area contributed by atoms with Gasteiger partial charge in [-0.25, -0.2) is 8.78 Å². The predicted molar refractivity (Wildman–Crippen MR) is 67.4 cm³/mol. The minimum atomic E-state index is -0.875. The maximum Gasteiger partial charge on any atom is 0.183 e. The molecule has 1 atom stereocenters. The van der Waals surface area contributed by atoms with E-state index in [0.717, 1.165) is 25.6 Å². The van der Waals surface area contributed by atoms with Crippen molar-refractivity contribution in [2.75, 3.05) is 24.1 Å². The summed E-state index contributed by atoms with van der Waals surface area (Å²) in [6.45, 7) is 1.92. The van der Waals surface area contributed by atoms with Crippen LogP contribution in [0, 0.1) is 11.6 Å². The monoisotopic (exact) mass is 253 g/mol. The number of likely N-dealkylation sites (tertiary alicyclic amines) is 1. The largest absolute Gasteiger partial charge is 0.397 e. The second-order valence-electron chi connectivity index (χ2n) is 5.18. The SMILES string of the molecule is Nc1ccc(F)c(F)c1NC1CCN(C2CC2)C1. The van der Waals surface area contributed by atoms with Gasteiger partial charge in [0, 0.05) is 25.2 Å². The second kappa shape index (κ2) is 4.39. The van der Waals surface area contributed by atoms with Crippen molar-refractivity contribution in [3.05, 3.63) is 23.8 Å². The van der Waals surface area contributed by atoms with E-state index in [-0.39, 0.29) is 17.4 Å². The molecule has 98 valence electrons. The second-order valence-corrected chi connectivity index (χ2v) is 5.18. The Labute approximate surface area is 105 Å². The highest BCUT2D eigenvalue weighted by Gasteiger charge is 2.34. The third-order valence-corrected chi connectivity index (χ3v) is 3.76. The summed E-state index contributed by atoms with van der Waals surface area (Å²) >= 11 is 0. The minimum absolute atomic E-state index is 0.109. The zero-order valence-electron chi connectivity index (χ0n) is 10.1. The average molecular weight is 253 g/mol. The zero-order valence-corrected chi connectivity index (χ0v) is 10.1. The molecule has 1 aliphatic heterocycles. The van der Waals surface area contributed by atoms with Gasteiger partial charge in [-0.05, 0) is 31.4 Å². The van der Waals surface area contributed by atoms with E-state index >= 15 is 0 Å². The quantitative estimate of drug-likeness (QED) is 0.811. The number of hydrogen-bond donors (Lipinski definition) is 2. The third kappa shape index (κ3) is 2.14. The Hall–Kier alpha value is -1.36. The van der Waals surface area contributed by atoms with Crippen LogP contribution < -0.4 is 11.1 Å². The Balaban J connectivity index is 1.71. The van der Waals surface area contributed by atoms with Crippen LogP contribution >= 0.6 is 0 Å². The fourth-order valence-corrected chi connectivity index (χ4v) is 2.59. The van der Waals surface area contributed by atoms with Crippen LogP contribution in [0.1, 0.15) is 19.3 Å². The number of nitrogens with zero attached hydrogens (tertiary/aromatic N) is 1. The first-order valence-corrected chi connectivity index (χ1v) is 6.39. The standard InChI is InChI=1S/C13H17F2N3/c14-10-3-4-11(16)13(12(10)15)17-8-5-6-18(7-8)9-1-2-9/h3-4,8-9,17H,1-2,5-7,16H2. The molecule has 0 aromatic heterocycles. The third-order valence-electron chi connectivity index (χ3n) is 3.76. The normalized spacial score (nSPS) is 24.4. The van der Waals surface area contributed by atoms with Gasteiger partial charge >= 0.3 is 0 Å². The van der Waals surface area contributed by atoms with Crippen LogP contribution in [-0.2, 0) is 0 Å². The molecule has 2 aliphatic rings.